The Morgan fingerprint density at radius 1 is 1.21 bits per heavy atom. The van der Waals surface area contributed by atoms with Crippen LogP contribution in [0.25, 0.3) is 0 Å². The molecule has 0 radical (unpaired) electrons. The normalized spacial score (nSPS) is 11.5. The van der Waals surface area contributed by atoms with E-state index in [4.69, 9.17) is 0 Å². The largest absolute Gasteiger partial charge is 0.265 e. The van der Waals surface area contributed by atoms with Gasteiger partial charge in [0, 0.05) is 18.9 Å². The Kier molecular flexibility index (Phi) is 3.92. The van der Waals surface area contributed by atoms with Gasteiger partial charge in [-0.05, 0) is 48.4 Å². The molecule has 0 saturated carbocycles. The predicted molar refractivity (Wildman–Crippen MR) is 69.4 cm³/mol. The molecule has 6 heteroatoms. The van der Waals surface area contributed by atoms with E-state index in [1.807, 2.05) is 0 Å². The zero-order valence-corrected chi connectivity index (χ0v) is 11.1. The molecule has 0 saturated heterocycles. The summed E-state index contributed by atoms with van der Waals surface area (Å²) in [6.07, 6.45) is 3.18. The van der Waals surface area contributed by atoms with Crippen molar-refractivity contribution in [1.29, 1.82) is 0 Å². The number of nitrogens with zero attached hydrogens (tertiary/aromatic N) is 1. The fourth-order valence-electron chi connectivity index (χ4n) is 1.67. The molecule has 0 amide bonds. The minimum absolute atomic E-state index is 0.0861. The number of hydrogen-bond acceptors (Lipinski definition) is 3. The molecule has 1 aromatic heterocycles. The van der Waals surface area contributed by atoms with Crippen LogP contribution < -0.4 is 4.72 Å². The van der Waals surface area contributed by atoms with Crippen molar-refractivity contribution in [2.45, 2.75) is 18.4 Å². The van der Waals surface area contributed by atoms with E-state index in [0.717, 1.165) is 11.6 Å². The van der Waals surface area contributed by atoms with Crippen molar-refractivity contribution < 1.29 is 12.8 Å². The monoisotopic (exact) mass is 280 g/mol. The fourth-order valence-corrected chi connectivity index (χ4v) is 2.91. The van der Waals surface area contributed by atoms with Gasteiger partial charge >= 0.3 is 0 Å². The highest BCUT2D eigenvalue weighted by molar-refractivity contribution is 7.89. The molecule has 1 aromatic carbocycles. The number of aromatic nitrogens is 1. The first-order valence-electron chi connectivity index (χ1n) is 5.64. The number of halogens is 1. The second kappa shape index (κ2) is 5.46. The molecule has 0 unspecified atom stereocenters. The Bertz CT molecular complexity index is 672. The van der Waals surface area contributed by atoms with E-state index in [2.05, 4.69) is 9.71 Å². The van der Waals surface area contributed by atoms with Crippen LogP contribution in [0.5, 0.6) is 0 Å². The number of sulfonamides is 1. The zero-order chi connectivity index (χ0) is 13.9. The molecule has 0 aliphatic heterocycles. The SMILES string of the molecule is Cc1cc(F)ccc1S(=O)(=O)NCc1ccncc1. The molecule has 0 aliphatic carbocycles. The van der Waals surface area contributed by atoms with Gasteiger partial charge < -0.3 is 0 Å². The van der Waals surface area contributed by atoms with Gasteiger partial charge in [0.1, 0.15) is 5.82 Å². The summed E-state index contributed by atoms with van der Waals surface area (Å²) < 4.78 is 39.6. The molecule has 0 spiro atoms. The maximum Gasteiger partial charge on any atom is 0.241 e. The van der Waals surface area contributed by atoms with E-state index >= 15 is 0 Å². The quantitative estimate of drug-likeness (QED) is 0.932. The fraction of sp³-hybridized carbons (Fsp3) is 0.154. The first kappa shape index (κ1) is 13.6. The highest BCUT2D eigenvalue weighted by atomic mass is 32.2. The maximum atomic E-state index is 13.0. The lowest BCUT2D eigenvalue weighted by Crippen LogP contribution is -2.24. The van der Waals surface area contributed by atoms with Crippen LogP contribution in [0.2, 0.25) is 0 Å². The number of nitrogens with one attached hydrogen (secondary N) is 1. The van der Waals surface area contributed by atoms with Gasteiger partial charge in [0.05, 0.1) is 4.90 Å². The van der Waals surface area contributed by atoms with Crippen molar-refractivity contribution in [3.8, 4) is 0 Å². The lowest BCUT2D eigenvalue weighted by molar-refractivity contribution is 0.579. The Morgan fingerprint density at radius 2 is 1.89 bits per heavy atom. The second-order valence-corrected chi connectivity index (χ2v) is 5.83. The maximum absolute atomic E-state index is 13.0. The van der Waals surface area contributed by atoms with Gasteiger partial charge in [-0.15, -0.1) is 0 Å². The molecule has 100 valence electrons. The first-order chi connectivity index (χ1) is 8.99. The lowest BCUT2D eigenvalue weighted by Gasteiger charge is -2.09. The van der Waals surface area contributed by atoms with Crippen molar-refractivity contribution in [3.63, 3.8) is 0 Å². The molecular weight excluding hydrogens is 267 g/mol. The van der Waals surface area contributed by atoms with Crippen LogP contribution in [-0.4, -0.2) is 13.4 Å². The summed E-state index contributed by atoms with van der Waals surface area (Å²) in [4.78, 5) is 3.94. The highest BCUT2D eigenvalue weighted by Crippen LogP contribution is 2.16. The summed E-state index contributed by atoms with van der Waals surface area (Å²) in [6.45, 7) is 1.73. The summed E-state index contributed by atoms with van der Waals surface area (Å²) >= 11 is 0. The highest BCUT2D eigenvalue weighted by Gasteiger charge is 2.16. The van der Waals surface area contributed by atoms with Crippen molar-refractivity contribution in [1.82, 2.24) is 9.71 Å². The Morgan fingerprint density at radius 3 is 2.53 bits per heavy atom. The topological polar surface area (TPSA) is 59.1 Å². The summed E-state index contributed by atoms with van der Waals surface area (Å²) in [7, 11) is -3.64. The summed E-state index contributed by atoms with van der Waals surface area (Å²) in [5.41, 5.74) is 1.18. The van der Waals surface area contributed by atoms with E-state index in [0.29, 0.717) is 5.56 Å². The van der Waals surface area contributed by atoms with E-state index < -0.39 is 15.8 Å². The number of rotatable bonds is 4. The molecule has 2 rings (SSSR count). The van der Waals surface area contributed by atoms with Crippen LogP contribution in [0.3, 0.4) is 0 Å². The third kappa shape index (κ3) is 3.36. The predicted octanol–water partition coefficient (Wildman–Crippen LogP) is 2.01. The molecule has 0 bridgehead atoms. The van der Waals surface area contributed by atoms with Crippen molar-refractivity contribution >= 4 is 10.0 Å². The number of pyridine rings is 1. The minimum Gasteiger partial charge on any atom is -0.265 e. The smallest absolute Gasteiger partial charge is 0.241 e. The molecule has 2 aromatic rings. The standard InChI is InChI=1S/C13H13FN2O2S/c1-10-8-12(14)2-3-13(10)19(17,18)16-9-11-4-6-15-7-5-11/h2-8,16H,9H2,1H3. The van der Waals surface area contributed by atoms with E-state index in [1.165, 1.54) is 12.1 Å². The molecule has 4 nitrogen and oxygen atoms in total. The molecule has 1 heterocycles. The minimum atomic E-state index is -3.64. The van der Waals surface area contributed by atoms with E-state index in [9.17, 15) is 12.8 Å². The van der Waals surface area contributed by atoms with Crippen LogP contribution in [-0.2, 0) is 16.6 Å². The summed E-state index contributed by atoms with van der Waals surface area (Å²) in [5.74, 6) is -0.453. The molecule has 0 atom stereocenters. The van der Waals surface area contributed by atoms with Crippen LogP contribution in [0.4, 0.5) is 4.39 Å². The van der Waals surface area contributed by atoms with Crippen molar-refractivity contribution in [2.24, 2.45) is 0 Å². The molecule has 19 heavy (non-hydrogen) atoms. The molecule has 1 N–H and O–H groups in total. The number of hydrogen-bond donors (Lipinski definition) is 1. The Balaban J connectivity index is 2.19. The third-order valence-electron chi connectivity index (χ3n) is 2.64. The molecular formula is C13H13FN2O2S. The summed E-state index contributed by atoms with van der Waals surface area (Å²) in [6, 6.07) is 7.04. The summed E-state index contributed by atoms with van der Waals surface area (Å²) in [5, 5.41) is 0. The van der Waals surface area contributed by atoms with Crippen LogP contribution in [0.15, 0.2) is 47.6 Å². The molecule has 0 fully saturated rings. The van der Waals surface area contributed by atoms with Crippen LogP contribution >= 0.6 is 0 Å². The van der Waals surface area contributed by atoms with Crippen LogP contribution in [0, 0.1) is 12.7 Å². The molecule has 0 aliphatic rings. The van der Waals surface area contributed by atoms with Gasteiger partial charge in [0.25, 0.3) is 0 Å². The van der Waals surface area contributed by atoms with Gasteiger partial charge in [-0.25, -0.2) is 17.5 Å². The number of benzene rings is 1. The third-order valence-corrected chi connectivity index (χ3v) is 4.20. The van der Waals surface area contributed by atoms with Gasteiger partial charge in [0.15, 0.2) is 0 Å². The second-order valence-electron chi connectivity index (χ2n) is 4.09. The number of aryl methyl sites for hydroxylation is 1. The van der Waals surface area contributed by atoms with Gasteiger partial charge in [-0.1, -0.05) is 0 Å². The first-order valence-corrected chi connectivity index (χ1v) is 7.12. The van der Waals surface area contributed by atoms with Crippen molar-refractivity contribution in [2.75, 3.05) is 0 Å². The van der Waals surface area contributed by atoms with E-state index in [-0.39, 0.29) is 11.4 Å². The van der Waals surface area contributed by atoms with Crippen molar-refractivity contribution in [3.05, 3.63) is 59.7 Å². The van der Waals surface area contributed by atoms with E-state index in [1.54, 1.807) is 31.5 Å². The van der Waals surface area contributed by atoms with Crippen LogP contribution in [0.1, 0.15) is 11.1 Å². The Hall–Kier alpha value is -1.79. The zero-order valence-electron chi connectivity index (χ0n) is 10.3. The van der Waals surface area contributed by atoms with Gasteiger partial charge in [-0.2, -0.15) is 0 Å². The van der Waals surface area contributed by atoms with Gasteiger partial charge in [0.2, 0.25) is 10.0 Å². The Labute approximate surface area is 111 Å². The van der Waals surface area contributed by atoms with Gasteiger partial charge in [-0.3, -0.25) is 4.98 Å². The lowest BCUT2D eigenvalue weighted by atomic mass is 10.2. The average molecular weight is 280 g/mol. The average Bonchev–Trinajstić information content (AvgIpc) is 2.37.